The lowest BCUT2D eigenvalue weighted by Gasteiger charge is -2.29. The van der Waals surface area contributed by atoms with Gasteiger partial charge in [0.15, 0.2) is 0 Å². The average molecular weight is 485 g/mol. The number of carbonyl (C=O) groups is 1. The van der Waals surface area contributed by atoms with Crippen LogP contribution in [0.5, 0.6) is 0 Å². The van der Waals surface area contributed by atoms with Gasteiger partial charge in [-0.05, 0) is 61.2 Å². The Morgan fingerprint density at radius 1 is 0.944 bits per heavy atom. The Kier molecular flexibility index (Phi) is 7.18. The van der Waals surface area contributed by atoms with E-state index in [2.05, 4.69) is 79.4 Å². The number of anilines is 3. The third-order valence-electron chi connectivity index (χ3n) is 6.66. The molecule has 1 aliphatic rings. The molecule has 0 spiro atoms. The highest BCUT2D eigenvalue weighted by molar-refractivity contribution is 6.32. The number of quaternary nitrogens is 1. The van der Waals surface area contributed by atoms with Crippen LogP contribution in [0.2, 0.25) is 0 Å². The molecule has 0 saturated carbocycles. The van der Waals surface area contributed by atoms with Gasteiger partial charge in [-0.2, -0.15) is 10.1 Å². The molecular formula is C30H38N5O+. The van der Waals surface area contributed by atoms with E-state index in [1.54, 1.807) is 0 Å². The second kappa shape index (κ2) is 10.2. The number of fused-ring (bicyclic) bond motifs is 1. The summed E-state index contributed by atoms with van der Waals surface area (Å²) in [4.78, 5) is 17.9. The molecule has 6 heteroatoms. The van der Waals surface area contributed by atoms with Crippen LogP contribution in [0.4, 0.5) is 17.1 Å². The zero-order chi connectivity index (χ0) is 26.0. The van der Waals surface area contributed by atoms with Crippen LogP contribution in [0.1, 0.15) is 19.4 Å². The Morgan fingerprint density at radius 3 is 2.22 bits per heavy atom. The molecule has 0 unspecified atom stereocenters. The van der Waals surface area contributed by atoms with E-state index in [4.69, 9.17) is 0 Å². The predicted octanol–water partition coefficient (Wildman–Crippen LogP) is 5.24. The van der Waals surface area contributed by atoms with Gasteiger partial charge in [0.1, 0.15) is 0 Å². The largest absolute Gasteiger partial charge is 0.377 e. The zero-order valence-corrected chi connectivity index (χ0v) is 22.6. The molecule has 3 aromatic rings. The molecule has 0 saturated heterocycles. The van der Waals surface area contributed by atoms with E-state index < -0.39 is 0 Å². The van der Waals surface area contributed by atoms with Gasteiger partial charge in [0.2, 0.25) is 0 Å². The molecule has 0 N–H and O–H groups in total. The minimum absolute atomic E-state index is 0.0987. The SMILES string of the molecule is CCN(CC[N+](C)(C)C)c1ccc(N2N=C(C)C(=Cc3ccc(N(C)C)c4ccccc34)C2=O)cc1. The number of hydrogen-bond donors (Lipinski definition) is 0. The second-order valence-corrected chi connectivity index (χ2v) is 10.6. The van der Waals surface area contributed by atoms with Crippen LogP contribution < -0.4 is 14.8 Å². The van der Waals surface area contributed by atoms with Gasteiger partial charge >= 0.3 is 0 Å². The van der Waals surface area contributed by atoms with E-state index in [9.17, 15) is 4.79 Å². The van der Waals surface area contributed by atoms with Gasteiger partial charge in [-0.25, -0.2) is 0 Å². The number of benzene rings is 3. The first kappa shape index (κ1) is 25.5. The van der Waals surface area contributed by atoms with Crippen molar-refractivity contribution in [2.75, 3.05) is 69.7 Å². The third kappa shape index (κ3) is 5.29. The molecule has 188 valence electrons. The van der Waals surface area contributed by atoms with E-state index in [0.717, 1.165) is 63.2 Å². The fraction of sp³-hybridized carbons (Fsp3) is 0.333. The Hall–Kier alpha value is -3.64. The molecule has 3 aromatic carbocycles. The molecule has 0 bridgehead atoms. The first-order chi connectivity index (χ1) is 17.1. The van der Waals surface area contributed by atoms with E-state index in [1.165, 1.54) is 5.01 Å². The molecular weight excluding hydrogens is 446 g/mol. The van der Waals surface area contributed by atoms with Crippen LogP contribution in [0.25, 0.3) is 16.8 Å². The summed E-state index contributed by atoms with van der Waals surface area (Å²) in [6.07, 6.45) is 1.97. The summed E-state index contributed by atoms with van der Waals surface area (Å²) >= 11 is 0. The van der Waals surface area contributed by atoms with E-state index in [-0.39, 0.29) is 5.91 Å². The fourth-order valence-corrected chi connectivity index (χ4v) is 4.53. The van der Waals surface area contributed by atoms with Gasteiger partial charge in [0, 0.05) is 37.4 Å². The van der Waals surface area contributed by atoms with Crippen molar-refractivity contribution in [3.8, 4) is 0 Å². The van der Waals surface area contributed by atoms with Crippen molar-refractivity contribution in [1.29, 1.82) is 0 Å². The van der Waals surface area contributed by atoms with Gasteiger partial charge < -0.3 is 14.3 Å². The smallest absolute Gasteiger partial charge is 0.280 e. The van der Waals surface area contributed by atoms with Crippen LogP contribution in [0.15, 0.2) is 71.3 Å². The van der Waals surface area contributed by atoms with Crippen molar-refractivity contribution in [2.24, 2.45) is 5.10 Å². The maximum Gasteiger partial charge on any atom is 0.280 e. The van der Waals surface area contributed by atoms with Crippen LogP contribution >= 0.6 is 0 Å². The molecule has 1 heterocycles. The normalized spacial score (nSPS) is 15.1. The van der Waals surface area contributed by atoms with E-state index in [1.807, 2.05) is 51.4 Å². The summed E-state index contributed by atoms with van der Waals surface area (Å²) in [6, 6.07) is 20.7. The minimum atomic E-state index is -0.0987. The van der Waals surface area contributed by atoms with Crippen molar-refractivity contribution >= 4 is 45.5 Å². The van der Waals surface area contributed by atoms with Gasteiger partial charge in [0.05, 0.1) is 51.2 Å². The summed E-state index contributed by atoms with van der Waals surface area (Å²) in [7, 11) is 10.7. The topological polar surface area (TPSA) is 39.1 Å². The van der Waals surface area contributed by atoms with Crippen LogP contribution in [-0.2, 0) is 4.79 Å². The Balaban J connectivity index is 1.59. The highest BCUT2D eigenvalue weighted by atomic mass is 16.2. The molecule has 6 nitrogen and oxygen atoms in total. The first-order valence-electron chi connectivity index (χ1n) is 12.6. The summed E-state index contributed by atoms with van der Waals surface area (Å²) in [5.74, 6) is -0.0987. The minimum Gasteiger partial charge on any atom is -0.377 e. The van der Waals surface area contributed by atoms with Crippen LogP contribution in [0, 0.1) is 0 Å². The molecule has 0 aliphatic carbocycles. The van der Waals surface area contributed by atoms with Crippen molar-refractivity contribution < 1.29 is 9.28 Å². The highest BCUT2D eigenvalue weighted by Crippen LogP contribution is 2.32. The lowest BCUT2D eigenvalue weighted by molar-refractivity contribution is -0.868. The molecule has 0 aromatic heterocycles. The maximum atomic E-state index is 13.4. The number of hydrazone groups is 1. The first-order valence-corrected chi connectivity index (χ1v) is 12.6. The van der Waals surface area contributed by atoms with Crippen molar-refractivity contribution in [3.05, 3.63) is 71.8 Å². The number of likely N-dealkylation sites (N-methyl/N-ethyl adjacent to an activating group) is 2. The van der Waals surface area contributed by atoms with Crippen molar-refractivity contribution in [2.45, 2.75) is 13.8 Å². The summed E-state index contributed by atoms with van der Waals surface area (Å²) in [5, 5.41) is 8.41. The zero-order valence-electron chi connectivity index (χ0n) is 22.6. The van der Waals surface area contributed by atoms with Crippen molar-refractivity contribution in [3.63, 3.8) is 0 Å². The molecule has 4 rings (SSSR count). The monoisotopic (exact) mass is 484 g/mol. The summed E-state index contributed by atoms with van der Waals surface area (Å²) in [5.41, 5.74) is 5.46. The molecule has 0 atom stereocenters. The quantitative estimate of drug-likeness (QED) is 0.324. The lowest BCUT2D eigenvalue weighted by Crippen LogP contribution is -2.42. The van der Waals surface area contributed by atoms with Gasteiger partial charge in [-0.1, -0.05) is 30.3 Å². The van der Waals surface area contributed by atoms with Gasteiger partial charge in [-0.15, -0.1) is 0 Å². The Bertz CT molecular complexity index is 1320. The maximum absolute atomic E-state index is 13.4. The molecule has 36 heavy (non-hydrogen) atoms. The molecule has 1 aliphatic heterocycles. The second-order valence-electron chi connectivity index (χ2n) is 10.6. The predicted molar refractivity (Wildman–Crippen MR) is 154 cm³/mol. The molecule has 0 fully saturated rings. The highest BCUT2D eigenvalue weighted by Gasteiger charge is 2.29. The molecule has 1 amide bonds. The average Bonchev–Trinajstić information content (AvgIpc) is 3.12. The number of hydrogen-bond acceptors (Lipinski definition) is 4. The van der Waals surface area contributed by atoms with E-state index >= 15 is 0 Å². The Labute approximate surface area is 215 Å². The van der Waals surface area contributed by atoms with Crippen LogP contribution in [-0.4, -0.2) is 71.0 Å². The summed E-state index contributed by atoms with van der Waals surface area (Å²) in [6.45, 7) is 7.05. The standard InChI is InChI=1S/C30H38N5O/c1-8-33(19-20-35(5,6)7)24-14-16-25(17-15-24)34-30(36)28(22(2)31-34)21-23-13-18-29(32(3)4)27-12-10-9-11-26(23)27/h9-18,21H,8,19-20H2,1-7H3/q+1. The van der Waals surface area contributed by atoms with Gasteiger partial charge in [0.25, 0.3) is 5.91 Å². The molecule has 0 radical (unpaired) electrons. The Morgan fingerprint density at radius 2 is 1.61 bits per heavy atom. The van der Waals surface area contributed by atoms with Crippen molar-refractivity contribution in [1.82, 2.24) is 0 Å². The lowest BCUT2D eigenvalue weighted by atomic mass is 9.99. The number of carbonyl (C=O) groups excluding carboxylic acids is 1. The van der Waals surface area contributed by atoms with E-state index in [0.29, 0.717) is 5.57 Å². The van der Waals surface area contributed by atoms with Gasteiger partial charge in [-0.3, -0.25) is 4.79 Å². The van der Waals surface area contributed by atoms with Crippen LogP contribution in [0.3, 0.4) is 0 Å². The number of amides is 1. The number of rotatable bonds is 8. The fourth-order valence-electron chi connectivity index (χ4n) is 4.53. The third-order valence-corrected chi connectivity index (χ3v) is 6.66. The number of nitrogens with zero attached hydrogens (tertiary/aromatic N) is 5. The summed E-state index contributed by atoms with van der Waals surface area (Å²) < 4.78 is 0.924.